The van der Waals surface area contributed by atoms with Crippen molar-refractivity contribution in [3.8, 4) is 0 Å². The van der Waals surface area contributed by atoms with Crippen LogP contribution < -0.4 is 0 Å². The van der Waals surface area contributed by atoms with E-state index in [1.54, 1.807) is 11.0 Å². The number of ether oxygens (including phenoxy) is 1. The number of methoxy groups -OCH3 is 1. The van der Waals surface area contributed by atoms with Crippen LogP contribution in [0.1, 0.15) is 18.4 Å². The molecule has 0 bridgehead atoms. The van der Waals surface area contributed by atoms with E-state index in [4.69, 9.17) is 4.74 Å². The van der Waals surface area contributed by atoms with Crippen molar-refractivity contribution < 1.29 is 19.1 Å². The number of fused-ring (bicyclic) bond motifs is 1. The molecular weight excluding hydrogens is 294 g/mol. The smallest absolute Gasteiger partial charge is 0.316 e. The Morgan fingerprint density at radius 1 is 1.30 bits per heavy atom. The molecule has 120 valence electrons. The van der Waals surface area contributed by atoms with E-state index in [0.29, 0.717) is 13.1 Å². The Hall–Kier alpha value is -2.43. The van der Waals surface area contributed by atoms with Crippen LogP contribution in [0, 0.1) is 11.3 Å². The summed E-state index contributed by atoms with van der Waals surface area (Å²) in [6.07, 6.45) is 3.31. The van der Waals surface area contributed by atoms with Crippen molar-refractivity contribution in [1.29, 1.82) is 0 Å². The number of ketones is 1. The molecule has 0 radical (unpaired) electrons. The molecule has 1 fully saturated rings. The van der Waals surface area contributed by atoms with Crippen LogP contribution in [0.25, 0.3) is 0 Å². The maximum absolute atomic E-state index is 12.6. The van der Waals surface area contributed by atoms with Crippen LogP contribution in [-0.2, 0) is 25.7 Å². The lowest BCUT2D eigenvalue weighted by atomic mass is 9.65. The SMILES string of the molecule is COC(=O)[C@]12C=CC(=O)C[C@H]1CN(Cc1ccccc1)C(=O)C2. The average molecular weight is 313 g/mol. The van der Waals surface area contributed by atoms with Gasteiger partial charge in [-0.1, -0.05) is 36.4 Å². The molecule has 1 aliphatic carbocycles. The van der Waals surface area contributed by atoms with Gasteiger partial charge >= 0.3 is 5.97 Å². The third-order valence-corrected chi connectivity index (χ3v) is 4.76. The Morgan fingerprint density at radius 3 is 2.74 bits per heavy atom. The Morgan fingerprint density at radius 2 is 2.04 bits per heavy atom. The van der Waals surface area contributed by atoms with Crippen LogP contribution in [0.2, 0.25) is 0 Å². The first-order chi connectivity index (χ1) is 11.0. The van der Waals surface area contributed by atoms with Gasteiger partial charge < -0.3 is 9.64 Å². The molecule has 1 aromatic rings. The minimum Gasteiger partial charge on any atom is -0.468 e. The molecule has 5 nitrogen and oxygen atoms in total. The second-order valence-corrected chi connectivity index (χ2v) is 6.17. The van der Waals surface area contributed by atoms with Crippen LogP contribution in [-0.4, -0.2) is 36.2 Å². The van der Waals surface area contributed by atoms with Crippen molar-refractivity contribution in [1.82, 2.24) is 4.90 Å². The Kier molecular flexibility index (Phi) is 4.03. The van der Waals surface area contributed by atoms with Gasteiger partial charge in [-0.2, -0.15) is 0 Å². The summed E-state index contributed by atoms with van der Waals surface area (Å²) >= 11 is 0. The van der Waals surface area contributed by atoms with Gasteiger partial charge in [0.05, 0.1) is 7.11 Å². The zero-order valence-corrected chi connectivity index (χ0v) is 13.0. The predicted molar refractivity (Wildman–Crippen MR) is 83.2 cm³/mol. The average Bonchev–Trinajstić information content (AvgIpc) is 2.56. The number of amides is 1. The van der Waals surface area contributed by atoms with E-state index in [1.807, 2.05) is 30.3 Å². The lowest BCUT2D eigenvalue weighted by Gasteiger charge is -2.45. The molecule has 1 aliphatic heterocycles. The van der Waals surface area contributed by atoms with Gasteiger partial charge in [0.15, 0.2) is 5.78 Å². The maximum atomic E-state index is 12.6. The summed E-state index contributed by atoms with van der Waals surface area (Å²) in [4.78, 5) is 38.3. The zero-order valence-electron chi connectivity index (χ0n) is 13.0. The molecule has 1 aromatic carbocycles. The summed E-state index contributed by atoms with van der Waals surface area (Å²) in [5.41, 5.74) is 0.0384. The summed E-state index contributed by atoms with van der Waals surface area (Å²) in [6, 6.07) is 9.70. The number of carbonyl (C=O) groups is 3. The van der Waals surface area contributed by atoms with Crippen molar-refractivity contribution in [3.63, 3.8) is 0 Å². The molecular formula is C18H19NO4. The monoisotopic (exact) mass is 313 g/mol. The third kappa shape index (κ3) is 2.79. The number of hydrogen-bond acceptors (Lipinski definition) is 4. The number of piperidine rings is 1. The van der Waals surface area contributed by atoms with E-state index >= 15 is 0 Å². The molecule has 1 amide bonds. The van der Waals surface area contributed by atoms with Crippen molar-refractivity contribution in [2.24, 2.45) is 11.3 Å². The maximum Gasteiger partial charge on any atom is 0.316 e. The van der Waals surface area contributed by atoms with Crippen LogP contribution in [0.5, 0.6) is 0 Å². The first-order valence-corrected chi connectivity index (χ1v) is 7.67. The molecule has 0 spiro atoms. The number of allylic oxidation sites excluding steroid dienone is 1. The molecule has 0 N–H and O–H groups in total. The number of esters is 1. The standard InChI is InChI=1S/C18H19NO4/c1-23-17(22)18-8-7-15(20)9-14(18)12-19(16(21)10-18)11-13-5-3-2-4-6-13/h2-8,14H,9-12H2,1H3/t14-,18-/m0/s1. The Labute approximate surface area is 134 Å². The lowest BCUT2D eigenvalue weighted by Crippen LogP contribution is -2.54. The van der Waals surface area contributed by atoms with Gasteiger partial charge in [0.2, 0.25) is 5.91 Å². The minimum absolute atomic E-state index is 0.0106. The van der Waals surface area contributed by atoms with Gasteiger partial charge in [0.25, 0.3) is 0 Å². The quantitative estimate of drug-likeness (QED) is 0.797. The highest BCUT2D eigenvalue weighted by Gasteiger charge is 2.52. The van der Waals surface area contributed by atoms with E-state index in [1.165, 1.54) is 13.2 Å². The second-order valence-electron chi connectivity index (χ2n) is 6.17. The summed E-state index contributed by atoms with van der Waals surface area (Å²) in [5, 5.41) is 0. The predicted octanol–water partition coefficient (Wildman–Crippen LogP) is 1.72. The van der Waals surface area contributed by atoms with Gasteiger partial charge in [-0.05, 0) is 11.6 Å². The van der Waals surface area contributed by atoms with Crippen LogP contribution in [0.4, 0.5) is 0 Å². The van der Waals surface area contributed by atoms with E-state index in [-0.39, 0.29) is 30.4 Å². The number of likely N-dealkylation sites (tertiary alicyclic amines) is 1. The number of benzene rings is 1. The van der Waals surface area contributed by atoms with Crippen LogP contribution in [0.15, 0.2) is 42.5 Å². The largest absolute Gasteiger partial charge is 0.468 e. The normalized spacial score (nSPS) is 26.8. The van der Waals surface area contributed by atoms with Gasteiger partial charge in [-0.3, -0.25) is 14.4 Å². The van der Waals surface area contributed by atoms with Crippen molar-refractivity contribution in [3.05, 3.63) is 48.0 Å². The minimum atomic E-state index is -0.993. The molecule has 3 rings (SSSR count). The number of hydrogen-bond donors (Lipinski definition) is 0. The van der Waals surface area contributed by atoms with Gasteiger partial charge in [-0.15, -0.1) is 0 Å². The lowest BCUT2D eigenvalue weighted by molar-refractivity contribution is -0.163. The van der Waals surface area contributed by atoms with Crippen LogP contribution >= 0.6 is 0 Å². The van der Waals surface area contributed by atoms with E-state index in [9.17, 15) is 14.4 Å². The summed E-state index contributed by atoms with van der Waals surface area (Å²) < 4.78 is 4.91. The van der Waals surface area contributed by atoms with Crippen molar-refractivity contribution in [2.75, 3.05) is 13.7 Å². The Balaban J connectivity index is 1.86. The Bertz CT molecular complexity index is 667. The fourth-order valence-electron chi connectivity index (χ4n) is 3.48. The van der Waals surface area contributed by atoms with Crippen LogP contribution in [0.3, 0.4) is 0 Å². The number of nitrogens with zero attached hydrogens (tertiary/aromatic N) is 1. The second kappa shape index (κ2) is 5.99. The van der Waals surface area contributed by atoms with E-state index < -0.39 is 11.4 Å². The number of rotatable bonds is 3. The molecule has 1 heterocycles. The van der Waals surface area contributed by atoms with Gasteiger partial charge in [-0.25, -0.2) is 0 Å². The van der Waals surface area contributed by atoms with E-state index in [2.05, 4.69) is 0 Å². The molecule has 0 unspecified atom stereocenters. The molecule has 2 atom stereocenters. The molecule has 2 aliphatic rings. The highest BCUT2D eigenvalue weighted by atomic mass is 16.5. The first-order valence-electron chi connectivity index (χ1n) is 7.67. The van der Waals surface area contributed by atoms with E-state index in [0.717, 1.165) is 5.56 Å². The highest BCUT2D eigenvalue weighted by molar-refractivity contribution is 5.97. The molecule has 23 heavy (non-hydrogen) atoms. The van der Waals surface area contributed by atoms with Crippen molar-refractivity contribution >= 4 is 17.7 Å². The fourth-order valence-corrected chi connectivity index (χ4v) is 3.48. The topological polar surface area (TPSA) is 63.7 Å². The summed E-state index contributed by atoms with van der Waals surface area (Å²) in [7, 11) is 1.32. The zero-order chi connectivity index (χ0) is 16.4. The fraction of sp³-hybridized carbons (Fsp3) is 0.389. The third-order valence-electron chi connectivity index (χ3n) is 4.76. The molecule has 0 saturated carbocycles. The molecule has 5 heteroatoms. The van der Waals surface area contributed by atoms with Gasteiger partial charge in [0, 0.05) is 31.8 Å². The summed E-state index contributed by atoms with van der Waals surface area (Å²) in [6.45, 7) is 0.879. The molecule has 1 saturated heterocycles. The number of carbonyl (C=O) groups excluding carboxylic acids is 3. The molecule has 0 aromatic heterocycles. The van der Waals surface area contributed by atoms with Crippen molar-refractivity contribution in [2.45, 2.75) is 19.4 Å². The summed E-state index contributed by atoms with van der Waals surface area (Å²) in [5.74, 6) is -0.758. The first kappa shape index (κ1) is 15.5. The highest BCUT2D eigenvalue weighted by Crippen LogP contribution is 2.44. The van der Waals surface area contributed by atoms with Gasteiger partial charge in [0.1, 0.15) is 5.41 Å².